The van der Waals surface area contributed by atoms with Gasteiger partial charge in [-0.25, -0.2) is 0 Å². The minimum absolute atomic E-state index is 0. The van der Waals surface area contributed by atoms with Gasteiger partial charge >= 0.3 is 0 Å². The average Bonchev–Trinajstić information content (AvgIpc) is 2.76. The molecule has 1 aromatic carbocycles. The van der Waals surface area contributed by atoms with Gasteiger partial charge in [0.2, 0.25) is 17.8 Å². The molecule has 0 bridgehead atoms. The molecular weight excluding hydrogens is 404 g/mol. The minimum atomic E-state index is 0. The highest BCUT2D eigenvalue weighted by atomic mass is 35.5. The van der Waals surface area contributed by atoms with Gasteiger partial charge < -0.3 is 25.0 Å². The average molecular weight is 435 g/mol. The van der Waals surface area contributed by atoms with Crippen LogP contribution in [0, 0.1) is 0 Å². The van der Waals surface area contributed by atoms with Gasteiger partial charge in [0, 0.05) is 24.8 Å². The molecule has 1 aliphatic heterocycles. The second kappa shape index (κ2) is 11.2. The first-order chi connectivity index (χ1) is 14.3. The molecule has 0 radical (unpaired) electrons. The van der Waals surface area contributed by atoms with E-state index in [1.165, 1.54) is 32.1 Å². The number of nitrogens with zero attached hydrogens (tertiary/aromatic N) is 4. The summed E-state index contributed by atoms with van der Waals surface area (Å²) in [6.45, 7) is 5.59. The van der Waals surface area contributed by atoms with Gasteiger partial charge in [0.15, 0.2) is 0 Å². The van der Waals surface area contributed by atoms with Crippen molar-refractivity contribution in [3.8, 4) is 5.75 Å². The van der Waals surface area contributed by atoms with Crippen LogP contribution in [0.3, 0.4) is 0 Å². The van der Waals surface area contributed by atoms with Crippen molar-refractivity contribution < 1.29 is 9.47 Å². The van der Waals surface area contributed by atoms with Crippen LogP contribution in [0.15, 0.2) is 24.3 Å². The normalized spacial score (nSPS) is 17.2. The van der Waals surface area contributed by atoms with Crippen molar-refractivity contribution in [2.75, 3.05) is 48.4 Å². The second-order valence-electron chi connectivity index (χ2n) is 7.44. The van der Waals surface area contributed by atoms with E-state index < -0.39 is 0 Å². The Morgan fingerprint density at radius 3 is 2.40 bits per heavy atom. The van der Waals surface area contributed by atoms with Crippen LogP contribution in [0.5, 0.6) is 5.75 Å². The van der Waals surface area contributed by atoms with E-state index >= 15 is 0 Å². The van der Waals surface area contributed by atoms with E-state index in [0.717, 1.165) is 24.5 Å². The first kappa shape index (κ1) is 22.4. The molecule has 2 fully saturated rings. The van der Waals surface area contributed by atoms with Crippen LogP contribution in [-0.4, -0.2) is 53.9 Å². The van der Waals surface area contributed by atoms with Crippen LogP contribution >= 0.6 is 12.4 Å². The minimum Gasteiger partial charge on any atom is -0.494 e. The fraction of sp³-hybridized carbons (Fsp3) is 0.571. The van der Waals surface area contributed by atoms with E-state index in [4.69, 9.17) is 14.5 Å². The largest absolute Gasteiger partial charge is 0.494 e. The first-order valence-electron chi connectivity index (χ1n) is 10.7. The molecule has 1 saturated carbocycles. The summed E-state index contributed by atoms with van der Waals surface area (Å²) in [7, 11) is 0. The molecule has 164 valence electrons. The molecule has 9 heteroatoms. The number of aromatic nitrogens is 3. The molecule has 8 nitrogen and oxygen atoms in total. The Morgan fingerprint density at radius 1 is 1.00 bits per heavy atom. The van der Waals surface area contributed by atoms with Crippen molar-refractivity contribution >= 4 is 35.9 Å². The van der Waals surface area contributed by atoms with Crippen LogP contribution in [0.4, 0.5) is 23.5 Å². The van der Waals surface area contributed by atoms with E-state index in [-0.39, 0.29) is 12.4 Å². The second-order valence-corrected chi connectivity index (χ2v) is 7.44. The van der Waals surface area contributed by atoms with Gasteiger partial charge in [-0.3, -0.25) is 0 Å². The highest BCUT2D eigenvalue weighted by molar-refractivity contribution is 5.85. The molecular formula is C21H31ClN6O2. The molecule has 0 spiro atoms. The standard InChI is InChI=1S/C21H30N6O2.ClH/c1-2-29-18-10-8-17(9-11-18)23-20-24-19(22-16-6-4-3-5-7-16)25-21(26-20)27-12-14-28-15-13-27;/h8-11,16H,2-7,12-15H2,1H3,(H2,22,23,24,25,26);1H. The predicted molar refractivity (Wildman–Crippen MR) is 121 cm³/mol. The van der Waals surface area contributed by atoms with Gasteiger partial charge in [-0.15, -0.1) is 12.4 Å². The lowest BCUT2D eigenvalue weighted by molar-refractivity contribution is 0.122. The SMILES string of the molecule is CCOc1ccc(Nc2nc(NC3CCCCC3)nc(N3CCOCC3)n2)cc1.Cl. The number of anilines is 4. The summed E-state index contributed by atoms with van der Waals surface area (Å²) in [6.07, 6.45) is 6.17. The quantitative estimate of drug-likeness (QED) is 0.676. The van der Waals surface area contributed by atoms with Crippen molar-refractivity contribution in [1.82, 2.24) is 15.0 Å². The van der Waals surface area contributed by atoms with E-state index in [1.807, 2.05) is 31.2 Å². The predicted octanol–water partition coefficient (Wildman–Crippen LogP) is 4.02. The van der Waals surface area contributed by atoms with E-state index in [2.05, 4.69) is 25.5 Å². The monoisotopic (exact) mass is 434 g/mol. The molecule has 30 heavy (non-hydrogen) atoms. The lowest BCUT2D eigenvalue weighted by Crippen LogP contribution is -2.37. The topological polar surface area (TPSA) is 84.4 Å². The van der Waals surface area contributed by atoms with Crippen LogP contribution in [-0.2, 0) is 4.74 Å². The number of rotatable bonds is 7. The van der Waals surface area contributed by atoms with Gasteiger partial charge in [0.25, 0.3) is 0 Å². The number of morpholine rings is 1. The third kappa shape index (κ3) is 6.09. The van der Waals surface area contributed by atoms with Gasteiger partial charge in [-0.2, -0.15) is 15.0 Å². The number of benzene rings is 1. The first-order valence-corrected chi connectivity index (χ1v) is 10.7. The fourth-order valence-electron chi connectivity index (χ4n) is 3.75. The zero-order valence-corrected chi connectivity index (χ0v) is 18.3. The lowest BCUT2D eigenvalue weighted by atomic mass is 9.96. The molecule has 0 amide bonds. The van der Waals surface area contributed by atoms with E-state index in [9.17, 15) is 0 Å². The summed E-state index contributed by atoms with van der Waals surface area (Å²) in [5, 5.41) is 6.85. The Hall–Kier alpha value is -2.32. The summed E-state index contributed by atoms with van der Waals surface area (Å²) < 4.78 is 11.0. The summed E-state index contributed by atoms with van der Waals surface area (Å²) in [5.41, 5.74) is 0.913. The molecule has 0 atom stereocenters. The molecule has 1 aromatic heterocycles. The molecule has 1 saturated heterocycles. The molecule has 4 rings (SSSR count). The zero-order valence-electron chi connectivity index (χ0n) is 17.5. The Balaban J connectivity index is 0.00000256. The number of ether oxygens (including phenoxy) is 2. The smallest absolute Gasteiger partial charge is 0.233 e. The highest BCUT2D eigenvalue weighted by Gasteiger charge is 2.19. The van der Waals surface area contributed by atoms with Crippen LogP contribution < -0.4 is 20.3 Å². The van der Waals surface area contributed by atoms with Crippen molar-refractivity contribution in [2.24, 2.45) is 0 Å². The Morgan fingerprint density at radius 2 is 1.70 bits per heavy atom. The van der Waals surface area contributed by atoms with Crippen molar-refractivity contribution in [3.63, 3.8) is 0 Å². The fourth-order valence-corrected chi connectivity index (χ4v) is 3.75. The Labute approximate surface area is 184 Å². The van der Waals surface area contributed by atoms with Crippen LogP contribution in [0.1, 0.15) is 39.0 Å². The third-order valence-corrected chi connectivity index (χ3v) is 5.28. The van der Waals surface area contributed by atoms with E-state index in [0.29, 0.717) is 43.7 Å². The molecule has 2 N–H and O–H groups in total. The van der Waals surface area contributed by atoms with Crippen LogP contribution in [0.25, 0.3) is 0 Å². The maximum absolute atomic E-state index is 5.52. The van der Waals surface area contributed by atoms with Gasteiger partial charge in [-0.05, 0) is 44.0 Å². The van der Waals surface area contributed by atoms with Crippen molar-refractivity contribution in [1.29, 1.82) is 0 Å². The van der Waals surface area contributed by atoms with Gasteiger partial charge in [0.05, 0.1) is 19.8 Å². The number of hydrogen-bond acceptors (Lipinski definition) is 8. The molecule has 0 unspecified atom stereocenters. The summed E-state index contributed by atoms with van der Waals surface area (Å²) in [4.78, 5) is 16.2. The number of hydrogen-bond donors (Lipinski definition) is 2. The third-order valence-electron chi connectivity index (χ3n) is 5.28. The van der Waals surface area contributed by atoms with Crippen molar-refractivity contribution in [2.45, 2.75) is 45.1 Å². The summed E-state index contributed by atoms with van der Waals surface area (Å²) >= 11 is 0. The molecule has 2 aromatic rings. The maximum Gasteiger partial charge on any atom is 0.233 e. The lowest BCUT2D eigenvalue weighted by Gasteiger charge is -2.28. The molecule has 2 aliphatic rings. The highest BCUT2D eigenvalue weighted by Crippen LogP contribution is 2.24. The van der Waals surface area contributed by atoms with Gasteiger partial charge in [0.1, 0.15) is 5.75 Å². The zero-order chi connectivity index (χ0) is 19.9. The summed E-state index contributed by atoms with van der Waals surface area (Å²) in [6, 6.07) is 8.25. The van der Waals surface area contributed by atoms with E-state index in [1.54, 1.807) is 0 Å². The van der Waals surface area contributed by atoms with Crippen molar-refractivity contribution in [3.05, 3.63) is 24.3 Å². The van der Waals surface area contributed by atoms with Crippen LogP contribution in [0.2, 0.25) is 0 Å². The molecule has 2 heterocycles. The Bertz CT molecular complexity index is 780. The van der Waals surface area contributed by atoms with Gasteiger partial charge in [-0.1, -0.05) is 19.3 Å². The Kier molecular flexibility index (Phi) is 8.33. The number of halogens is 1. The number of nitrogens with one attached hydrogen (secondary N) is 2. The summed E-state index contributed by atoms with van der Waals surface area (Å²) in [5.74, 6) is 2.73. The molecule has 1 aliphatic carbocycles. The maximum atomic E-state index is 5.52.